The molecule has 0 aliphatic heterocycles. The maximum Gasteiger partial charge on any atom is 0.411 e. The van der Waals surface area contributed by atoms with Gasteiger partial charge in [-0.25, -0.2) is 0 Å². The Labute approximate surface area is 130 Å². The lowest BCUT2D eigenvalue weighted by molar-refractivity contribution is -0.174. The Morgan fingerprint density at radius 2 is 2.10 bits per heavy atom. The highest BCUT2D eigenvalue weighted by Crippen LogP contribution is 2.15. The van der Waals surface area contributed by atoms with Crippen molar-refractivity contribution in [3.8, 4) is 0 Å². The van der Waals surface area contributed by atoms with Crippen LogP contribution in [0.25, 0.3) is 0 Å². The zero-order valence-electron chi connectivity index (χ0n) is 11.4. The summed E-state index contributed by atoms with van der Waals surface area (Å²) in [6, 6.07) is 7.40. The predicted molar refractivity (Wildman–Crippen MR) is 78.7 cm³/mol. The van der Waals surface area contributed by atoms with Crippen LogP contribution < -0.4 is 5.32 Å². The predicted octanol–water partition coefficient (Wildman–Crippen LogP) is 3.92. The Hall–Kier alpha value is -1.08. The molecule has 0 atom stereocenters. The largest absolute Gasteiger partial charge is 0.411 e. The van der Waals surface area contributed by atoms with E-state index in [2.05, 4.69) is 26.0 Å². The van der Waals surface area contributed by atoms with E-state index < -0.39 is 12.8 Å². The Kier molecular flexibility index (Phi) is 7.74. The summed E-state index contributed by atoms with van der Waals surface area (Å²) in [5, 5.41) is 3.55. The summed E-state index contributed by atoms with van der Waals surface area (Å²) < 4.78 is 39.9. The highest BCUT2D eigenvalue weighted by molar-refractivity contribution is 9.09. The van der Waals surface area contributed by atoms with Gasteiger partial charge in [0.2, 0.25) is 5.91 Å². The summed E-state index contributed by atoms with van der Waals surface area (Å²) in [7, 11) is 0. The van der Waals surface area contributed by atoms with Gasteiger partial charge in [-0.05, 0) is 30.5 Å². The topological polar surface area (TPSA) is 38.3 Å². The van der Waals surface area contributed by atoms with E-state index in [1.165, 1.54) is 0 Å². The van der Waals surface area contributed by atoms with E-state index in [4.69, 9.17) is 0 Å². The molecule has 1 rings (SSSR count). The van der Waals surface area contributed by atoms with Crippen molar-refractivity contribution >= 4 is 27.5 Å². The molecule has 0 radical (unpaired) electrons. The van der Waals surface area contributed by atoms with Gasteiger partial charge in [-0.15, -0.1) is 0 Å². The molecule has 3 nitrogen and oxygen atoms in total. The summed E-state index contributed by atoms with van der Waals surface area (Å²) in [6.45, 7) is -1.59. The number of rotatable bonds is 8. The average molecular weight is 368 g/mol. The van der Waals surface area contributed by atoms with Gasteiger partial charge < -0.3 is 10.1 Å². The van der Waals surface area contributed by atoms with Gasteiger partial charge in [0.25, 0.3) is 0 Å². The Morgan fingerprint density at radius 1 is 1.33 bits per heavy atom. The maximum atomic E-state index is 11.8. The fourth-order valence-corrected chi connectivity index (χ4v) is 1.93. The van der Waals surface area contributed by atoms with Crippen molar-refractivity contribution in [2.75, 3.05) is 23.9 Å². The van der Waals surface area contributed by atoms with Gasteiger partial charge >= 0.3 is 6.18 Å². The summed E-state index contributed by atoms with van der Waals surface area (Å²) in [5.74, 6) is -0.366. The molecule has 0 aliphatic carbocycles. The number of aryl methyl sites for hydroxylation is 1. The average Bonchev–Trinajstić information content (AvgIpc) is 2.41. The van der Waals surface area contributed by atoms with Gasteiger partial charge in [-0.2, -0.15) is 13.2 Å². The Bertz CT molecular complexity index is 452. The number of benzene rings is 1. The molecule has 7 heteroatoms. The molecular weight excluding hydrogens is 351 g/mol. The van der Waals surface area contributed by atoms with Crippen LogP contribution in [0.2, 0.25) is 0 Å². The van der Waals surface area contributed by atoms with E-state index in [0.29, 0.717) is 5.69 Å². The summed E-state index contributed by atoms with van der Waals surface area (Å²) in [4.78, 5) is 11.6. The fraction of sp³-hybridized carbons (Fsp3) is 0.500. The SMILES string of the molecule is O=C(CCOCC(F)(F)F)Nc1cccc(CCCBr)c1. The molecule has 0 bridgehead atoms. The molecule has 0 unspecified atom stereocenters. The minimum Gasteiger partial charge on any atom is -0.372 e. The minimum atomic E-state index is -4.36. The molecule has 1 N–H and O–H groups in total. The minimum absolute atomic E-state index is 0.109. The van der Waals surface area contributed by atoms with Crippen molar-refractivity contribution in [2.45, 2.75) is 25.4 Å². The van der Waals surface area contributed by atoms with Crippen LogP contribution in [0.5, 0.6) is 0 Å². The van der Waals surface area contributed by atoms with E-state index in [1.807, 2.05) is 18.2 Å². The van der Waals surface area contributed by atoms with Crippen molar-refractivity contribution < 1.29 is 22.7 Å². The van der Waals surface area contributed by atoms with Crippen molar-refractivity contribution in [1.82, 2.24) is 0 Å². The van der Waals surface area contributed by atoms with Crippen molar-refractivity contribution in [1.29, 1.82) is 0 Å². The number of nitrogens with one attached hydrogen (secondary N) is 1. The van der Waals surface area contributed by atoms with Gasteiger partial charge in [0.05, 0.1) is 13.0 Å². The molecule has 1 amide bonds. The van der Waals surface area contributed by atoms with Crippen LogP contribution in [-0.2, 0) is 16.0 Å². The molecule has 1 aromatic rings. The van der Waals surface area contributed by atoms with Crippen LogP contribution in [-0.4, -0.2) is 30.6 Å². The van der Waals surface area contributed by atoms with Gasteiger partial charge in [0.15, 0.2) is 0 Å². The molecule has 0 saturated heterocycles. The smallest absolute Gasteiger partial charge is 0.372 e. The van der Waals surface area contributed by atoms with Crippen molar-refractivity contribution in [3.63, 3.8) is 0 Å². The van der Waals surface area contributed by atoms with Gasteiger partial charge in [0, 0.05) is 11.0 Å². The lowest BCUT2D eigenvalue weighted by atomic mass is 10.1. The second kappa shape index (κ2) is 9.04. The number of ether oxygens (including phenoxy) is 1. The number of carbonyl (C=O) groups excluding carboxylic acids is 1. The number of halogens is 4. The lowest BCUT2D eigenvalue weighted by Crippen LogP contribution is -2.20. The first-order valence-electron chi connectivity index (χ1n) is 6.50. The third kappa shape index (κ3) is 8.72. The first-order valence-corrected chi connectivity index (χ1v) is 7.62. The van der Waals surface area contributed by atoms with Crippen LogP contribution >= 0.6 is 15.9 Å². The van der Waals surface area contributed by atoms with Crippen molar-refractivity contribution in [3.05, 3.63) is 29.8 Å². The summed E-state index contributed by atoms with van der Waals surface area (Å²) in [5.41, 5.74) is 1.74. The third-order valence-corrected chi connectivity index (χ3v) is 3.11. The Morgan fingerprint density at radius 3 is 2.76 bits per heavy atom. The zero-order valence-corrected chi connectivity index (χ0v) is 13.0. The lowest BCUT2D eigenvalue weighted by Gasteiger charge is -2.09. The Balaban J connectivity index is 2.34. The second-order valence-corrected chi connectivity index (χ2v) is 5.25. The number of anilines is 1. The van der Waals surface area contributed by atoms with Crippen LogP contribution in [0.15, 0.2) is 24.3 Å². The number of alkyl halides is 4. The molecule has 0 heterocycles. The van der Waals surface area contributed by atoms with E-state index in [9.17, 15) is 18.0 Å². The number of carbonyl (C=O) groups is 1. The standard InChI is InChI=1S/C14H17BrF3NO2/c15-7-2-4-11-3-1-5-12(9-11)19-13(20)6-8-21-10-14(16,17)18/h1,3,5,9H,2,4,6-8,10H2,(H,19,20). The second-order valence-electron chi connectivity index (χ2n) is 4.46. The van der Waals surface area contributed by atoms with Gasteiger partial charge in [-0.3, -0.25) is 4.79 Å². The fourth-order valence-electron chi connectivity index (χ4n) is 1.65. The van der Waals surface area contributed by atoms with E-state index >= 15 is 0 Å². The van der Waals surface area contributed by atoms with E-state index in [1.54, 1.807) is 6.07 Å². The zero-order chi connectivity index (χ0) is 15.7. The van der Waals surface area contributed by atoms with E-state index in [0.717, 1.165) is 23.7 Å². The van der Waals surface area contributed by atoms with Crippen molar-refractivity contribution in [2.24, 2.45) is 0 Å². The summed E-state index contributed by atoms with van der Waals surface area (Å²) in [6.07, 6.45) is -2.59. The van der Waals surface area contributed by atoms with E-state index in [-0.39, 0.29) is 18.9 Å². The van der Waals surface area contributed by atoms with Crippen LogP contribution in [0.1, 0.15) is 18.4 Å². The number of amides is 1. The first-order chi connectivity index (χ1) is 9.90. The molecule has 21 heavy (non-hydrogen) atoms. The quantitative estimate of drug-likeness (QED) is 0.558. The first kappa shape index (κ1) is 18.0. The molecular formula is C14H17BrF3NO2. The number of hydrogen-bond acceptors (Lipinski definition) is 2. The van der Waals surface area contributed by atoms with Gasteiger partial charge in [0.1, 0.15) is 6.61 Å². The maximum absolute atomic E-state index is 11.8. The highest BCUT2D eigenvalue weighted by Gasteiger charge is 2.27. The molecule has 118 valence electrons. The molecule has 0 aromatic heterocycles. The molecule has 0 saturated carbocycles. The highest BCUT2D eigenvalue weighted by atomic mass is 79.9. The third-order valence-electron chi connectivity index (χ3n) is 2.55. The number of hydrogen-bond donors (Lipinski definition) is 1. The van der Waals surface area contributed by atoms with Crippen LogP contribution in [0, 0.1) is 0 Å². The van der Waals surface area contributed by atoms with Crippen LogP contribution in [0.3, 0.4) is 0 Å². The molecule has 0 fully saturated rings. The van der Waals surface area contributed by atoms with Crippen LogP contribution in [0.4, 0.5) is 18.9 Å². The molecule has 1 aromatic carbocycles. The normalized spacial score (nSPS) is 11.4. The monoisotopic (exact) mass is 367 g/mol. The molecule has 0 aliphatic rings. The molecule has 0 spiro atoms. The summed E-state index contributed by atoms with van der Waals surface area (Å²) >= 11 is 3.35. The van der Waals surface area contributed by atoms with Gasteiger partial charge in [-0.1, -0.05) is 28.1 Å².